The summed E-state index contributed by atoms with van der Waals surface area (Å²) in [6, 6.07) is 4.25. The number of oxime groups is 1. The zero-order valence-corrected chi connectivity index (χ0v) is 16.9. The molecule has 0 amide bonds. The SMILES string of the molecule is CC(C)c1cc2c(cc1Br)[C@@]1(C)CCC[C@@](C)(C(=O)O)C1C/C2=N\O. The summed E-state index contributed by atoms with van der Waals surface area (Å²) < 4.78 is 1.04. The minimum atomic E-state index is -0.802. The third-order valence-corrected chi connectivity index (χ3v) is 7.31. The molecule has 0 aliphatic heterocycles. The van der Waals surface area contributed by atoms with Gasteiger partial charge >= 0.3 is 5.97 Å². The van der Waals surface area contributed by atoms with Crippen LogP contribution in [0.1, 0.15) is 76.0 Å². The van der Waals surface area contributed by atoms with Crippen LogP contribution >= 0.6 is 15.9 Å². The quantitative estimate of drug-likeness (QED) is 0.515. The van der Waals surface area contributed by atoms with Gasteiger partial charge in [-0.2, -0.15) is 0 Å². The van der Waals surface area contributed by atoms with Gasteiger partial charge in [0.1, 0.15) is 0 Å². The maximum atomic E-state index is 12.1. The number of rotatable bonds is 2. The Bertz CT molecular complexity index is 758. The molecule has 1 fully saturated rings. The lowest BCUT2D eigenvalue weighted by Crippen LogP contribution is -2.53. The zero-order valence-electron chi connectivity index (χ0n) is 15.3. The van der Waals surface area contributed by atoms with Gasteiger partial charge in [0.15, 0.2) is 0 Å². The summed E-state index contributed by atoms with van der Waals surface area (Å²) in [4.78, 5) is 12.1. The number of hydrogen-bond donors (Lipinski definition) is 2. The first-order valence-corrected chi connectivity index (χ1v) is 9.73. The number of nitrogens with zero attached hydrogens (tertiary/aromatic N) is 1. The third-order valence-electron chi connectivity index (χ3n) is 6.62. The van der Waals surface area contributed by atoms with Crippen LogP contribution in [-0.4, -0.2) is 22.0 Å². The van der Waals surface area contributed by atoms with Crippen molar-refractivity contribution >= 4 is 27.6 Å². The van der Waals surface area contributed by atoms with E-state index in [1.165, 1.54) is 5.56 Å². The summed E-state index contributed by atoms with van der Waals surface area (Å²) in [5.41, 5.74) is 2.85. The molecule has 0 aromatic heterocycles. The van der Waals surface area contributed by atoms with Crippen molar-refractivity contribution in [2.45, 2.75) is 64.7 Å². The van der Waals surface area contributed by atoms with Gasteiger partial charge in [-0.15, -0.1) is 0 Å². The third kappa shape index (κ3) is 2.62. The van der Waals surface area contributed by atoms with Crippen molar-refractivity contribution in [2.75, 3.05) is 0 Å². The van der Waals surface area contributed by atoms with E-state index in [0.717, 1.165) is 28.4 Å². The van der Waals surface area contributed by atoms with Crippen molar-refractivity contribution in [3.8, 4) is 0 Å². The van der Waals surface area contributed by atoms with Crippen LogP contribution in [0.2, 0.25) is 0 Å². The Morgan fingerprint density at radius 1 is 1.32 bits per heavy atom. The Morgan fingerprint density at radius 3 is 2.56 bits per heavy atom. The maximum absolute atomic E-state index is 12.1. The van der Waals surface area contributed by atoms with Gasteiger partial charge in [-0.3, -0.25) is 4.79 Å². The second-order valence-electron chi connectivity index (χ2n) is 8.37. The summed E-state index contributed by atoms with van der Waals surface area (Å²) in [7, 11) is 0. The lowest BCUT2D eigenvalue weighted by atomic mass is 9.49. The molecular formula is C20H26BrNO3. The molecule has 5 heteroatoms. The Kier molecular flexibility index (Phi) is 4.51. The van der Waals surface area contributed by atoms with E-state index in [2.05, 4.69) is 54.0 Å². The van der Waals surface area contributed by atoms with Crippen LogP contribution in [-0.2, 0) is 10.2 Å². The molecule has 2 aliphatic rings. The Labute approximate surface area is 157 Å². The second-order valence-corrected chi connectivity index (χ2v) is 9.23. The van der Waals surface area contributed by atoms with Crippen molar-refractivity contribution in [2.24, 2.45) is 16.5 Å². The van der Waals surface area contributed by atoms with Crippen LogP contribution in [0.15, 0.2) is 21.8 Å². The van der Waals surface area contributed by atoms with Crippen LogP contribution in [0.25, 0.3) is 0 Å². The molecule has 0 heterocycles. The first-order valence-electron chi connectivity index (χ1n) is 8.93. The van der Waals surface area contributed by atoms with E-state index >= 15 is 0 Å². The zero-order chi connectivity index (χ0) is 18.6. The molecule has 25 heavy (non-hydrogen) atoms. The molecule has 3 rings (SSSR count). The number of carboxylic acid groups (broad SMARTS) is 1. The van der Waals surface area contributed by atoms with E-state index in [-0.39, 0.29) is 11.3 Å². The molecule has 1 aromatic rings. The van der Waals surface area contributed by atoms with Crippen LogP contribution in [0.4, 0.5) is 0 Å². The van der Waals surface area contributed by atoms with E-state index < -0.39 is 11.4 Å². The van der Waals surface area contributed by atoms with Crippen molar-refractivity contribution in [1.82, 2.24) is 0 Å². The number of carboxylic acids is 1. The summed E-state index contributed by atoms with van der Waals surface area (Å²) >= 11 is 3.70. The standard InChI is InChI=1S/C20H26BrNO3/c1-11(2)12-8-13-14(9-15(12)21)19(3)6-5-7-20(4,18(23)24)17(19)10-16(13)22-25/h8-9,11,17,25H,5-7,10H2,1-4H3,(H,23,24)/b22-16+/t17?,19-,20-/m1/s1. The Hall–Kier alpha value is -1.36. The normalized spacial score (nSPS) is 33.2. The second kappa shape index (κ2) is 6.11. The molecule has 3 atom stereocenters. The molecule has 0 saturated heterocycles. The van der Waals surface area contributed by atoms with E-state index in [9.17, 15) is 15.1 Å². The predicted octanol–water partition coefficient (Wildman–Crippen LogP) is 5.30. The molecule has 0 radical (unpaired) electrons. The van der Waals surface area contributed by atoms with Crippen LogP contribution in [0, 0.1) is 11.3 Å². The maximum Gasteiger partial charge on any atom is 0.309 e. The van der Waals surface area contributed by atoms with Gasteiger partial charge < -0.3 is 10.3 Å². The summed E-state index contributed by atoms with van der Waals surface area (Å²) in [5.74, 6) is -0.482. The number of halogens is 1. The summed E-state index contributed by atoms with van der Waals surface area (Å²) in [5, 5.41) is 23.1. The van der Waals surface area contributed by atoms with Gasteiger partial charge in [0.05, 0.1) is 11.1 Å². The fourth-order valence-electron chi connectivity index (χ4n) is 5.05. The van der Waals surface area contributed by atoms with E-state index in [1.807, 2.05) is 6.92 Å². The number of hydrogen-bond acceptors (Lipinski definition) is 3. The average Bonchev–Trinajstić information content (AvgIpc) is 2.54. The van der Waals surface area contributed by atoms with Crippen molar-refractivity contribution in [1.29, 1.82) is 0 Å². The number of benzene rings is 1. The molecule has 4 nitrogen and oxygen atoms in total. The largest absolute Gasteiger partial charge is 0.481 e. The topological polar surface area (TPSA) is 69.9 Å². The van der Waals surface area contributed by atoms with Gasteiger partial charge in [0.25, 0.3) is 0 Å². The van der Waals surface area contributed by atoms with Gasteiger partial charge in [0.2, 0.25) is 0 Å². The smallest absolute Gasteiger partial charge is 0.309 e. The molecule has 1 saturated carbocycles. The van der Waals surface area contributed by atoms with Gasteiger partial charge in [-0.05, 0) is 66.7 Å². The van der Waals surface area contributed by atoms with E-state index in [1.54, 1.807) is 0 Å². The lowest BCUT2D eigenvalue weighted by molar-refractivity contribution is -0.156. The van der Waals surface area contributed by atoms with Crippen LogP contribution in [0.5, 0.6) is 0 Å². The van der Waals surface area contributed by atoms with Gasteiger partial charge in [0, 0.05) is 10.0 Å². The highest BCUT2D eigenvalue weighted by Crippen LogP contribution is 2.58. The highest BCUT2D eigenvalue weighted by molar-refractivity contribution is 9.10. The van der Waals surface area contributed by atoms with Crippen molar-refractivity contribution < 1.29 is 15.1 Å². The molecule has 0 bridgehead atoms. The highest BCUT2D eigenvalue weighted by Gasteiger charge is 2.56. The fraction of sp³-hybridized carbons (Fsp3) is 0.600. The Morgan fingerprint density at radius 2 is 2.00 bits per heavy atom. The number of fused-ring (bicyclic) bond motifs is 3. The molecule has 1 unspecified atom stereocenters. The minimum Gasteiger partial charge on any atom is -0.481 e. The molecule has 1 aromatic carbocycles. The average molecular weight is 408 g/mol. The van der Waals surface area contributed by atoms with Gasteiger partial charge in [-0.25, -0.2) is 0 Å². The molecular weight excluding hydrogens is 382 g/mol. The number of carbonyl (C=O) groups is 1. The Balaban J connectivity index is 2.25. The van der Waals surface area contributed by atoms with Crippen LogP contribution in [0.3, 0.4) is 0 Å². The minimum absolute atomic E-state index is 0.0820. The lowest BCUT2D eigenvalue weighted by Gasteiger charge is -2.53. The number of aliphatic carboxylic acids is 1. The first kappa shape index (κ1) is 18.4. The molecule has 2 aliphatic carbocycles. The molecule has 136 valence electrons. The van der Waals surface area contributed by atoms with E-state index in [0.29, 0.717) is 24.5 Å². The van der Waals surface area contributed by atoms with Gasteiger partial charge in [-0.1, -0.05) is 48.3 Å². The predicted molar refractivity (Wildman–Crippen MR) is 102 cm³/mol. The van der Waals surface area contributed by atoms with E-state index in [4.69, 9.17) is 0 Å². The van der Waals surface area contributed by atoms with Crippen molar-refractivity contribution in [3.63, 3.8) is 0 Å². The summed E-state index contributed by atoms with van der Waals surface area (Å²) in [6.45, 7) is 8.32. The van der Waals surface area contributed by atoms with Crippen LogP contribution < -0.4 is 0 Å². The molecule has 0 spiro atoms. The first-order chi connectivity index (χ1) is 11.6. The monoisotopic (exact) mass is 407 g/mol. The fourth-order valence-corrected chi connectivity index (χ4v) is 5.85. The summed E-state index contributed by atoms with van der Waals surface area (Å²) in [6.07, 6.45) is 3.02. The van der Waals surface area contributed by atoms with Crippen molar-refractivity contribution in [3.05, 3.63) is 33.3 Å². The highest BCUT2D eigenvalue weighted by atomic mass is 79.9. The molecule has 2 N–H and O–H groups in total.